The lowest BCUT2D eigenvalue weighted by Crippen LogP contribution is -2.47. The molecule has 0 fully saturated rings. The van der Waals surface area contributed by atoms with Gasteiger partial charge >= 0.3 is 5.97 Å². The first kappa shape index (κ1) is 20.1. The summed E-state index contributed by atoms with van der Waals surface area (Å²) < 4.78 is 17.3. The van der Waals surface area contributed by atoms with E-state index in [2.05, 4.69) is 4.74 Å². The number of amides is 2. The summed E-state index contributed by atoms with van der Waals surface area (Å²) in [7, 11) is 1.03. The molecule has 25 heavy (non-hydrogen) atoms. The van der Waals surface area contributed by atoms with Gasteiger partial charge in [0.05, 0.1) is 19.7 Å². The molecule has 0 saturated carbocycles. The molecule has 0 atom stereocenters. The van der Waals surface area contributed by atoms with E-state index < -0.39 is 35.0 Å². The number of methoxy groups -OCH3 is 1. The molecule has 9 heteroatoms. The van der Waals surface area contributed by atoms with Crippen molar-refractivity contribution < 1.29 is 33.5 Å². The highest BCUT2D eigenvalue weighted by Gasteiger charge is 2.31. The van der Waals surface area contributed by atoms with Gasteiger partial charge in [-0.1, -0.05) is 12.1 Å². The number of nitrogens with two attached hydrogens (primary N) is 1. The van der Waals surface area contributed by atoms with Crippen LogP contribution in [0.3, 0.4) is 0 Å². The quantitative estimate of drug-likeness (QED) is 0.326. The normalized spacial score (nSPS) is 11.8. The minimum Gasteiger partial charge on any atom is -0.502 e. The van der Waals surface area contributed by atoms with Gasteiger partial charge in [-0.15, -0.1) is 0 Å². The third kappa shape index (κ3) is 5.88. The Morgan fingerprint density at radius 3 is 2.32 bits per heavy atom. The zero-order chi connectivity index (χ0) is 19.2. The van der Waals surface area contributed by atoms with Crippen LogP contribution in [-0.4, -0.2) is 40.7 Å². The molecule has 136 valence electrons. The van der Waals surface area contributed by atoms with Crippen molar-refractivity contribution in [3.05, 3.63) is 47.5 Å². The molecule has 0 spiro atoms. The summed E-state index contributed by atoms with van der Waals surface area (Å²) in [5.74, 6) is -4.32. The van der Waals surface area contributed by atoms with E-state index in [1.54, 1.807) is 0 Å². The van der Waals surface area contributed by atoms with E-state index in [0.29, 0.717) is 11.6 Å². The minimum atomic E-state index is -1.55. The third-order valence-corrected chi connectivity index (χ3v) is 3.07. The molecule has 1 aromatic rings. The molecule has 1 aromatic carbocycles. The van der Waals surface area contributed by atoms with Crippen molar-refractivity contribution in [1.82, 2.24) is 5.06 Å². The fourth-order valence-corrected chi connectivity index (χ4v) is 1.58. The second-order valence-electron chi connectivity index (χ2n) is 5.49. The number of benzene rings is 1. The Labute approximate surface area is 143 Å². The Hall–Kier alpha value is -2.94. The Bertz CT molecular complexity index is 684. The molecular formula is C16H19FN2O6. The highest BCUT2D eigenvalue weighted by Crippen LogP contribution is 2.16. The van der Waals surface area contributed by atoms with Gasteiger partial charge in [0.15, 0.2) is 5.60 Å². The van der Waals surface area contributed by atoms with Crippen LogP contribution < -0.4 is 5.73 Å². The maximum atomic E-state index is 13.0. The van der Waals surface area contributed by atoms with Crippen molar-refractivity contribution in [3.8, 4) is 0 Å². The molecule has 2 amide bonds. The maximum Gasteiger partial charge on any atom is 0.373 e. The molecule has 3 N–H and O–H groups in total. The van der Waals surface area contributed by atoms with Crippen LogP contribution >= 0.6 is 0 Å². The largest absolute Gasteiger partial charge is 0.502 e. The number of nitrogens with zero attached hydrogens (tertiary/aromatic N) is 1. The van der Waals surface area contributed by atoms with Gasteiger partial charge in [0.2, 0.25) is 5.76 Å². The molecule has 1 rings (SSSR count). The standard InChI is InChI=1S/C16H19FN2O6/c1-16(2,15(18)23)25-19(9-10-4-6-11(17)7-5-10)13(21)8-12(20)14(22)24-3/h4-8,20H,9H2,1-3H3,(H2,18,23)/b12-8-. The van der Waals surface area contributed by atoms with Gasteiger partial charge < -0.3 is 15.6 Å². The first-order valence-corrected chi connectivity index (χ1v) is 7.10. The van der Waals surface area contributed by atoms with Crippen molar-refractivity contribution in [1.29, 1.82) is 0 Å². The van der Waals surface area contributed by atoms with Crippen LogP contribution in [0.4, 0.5) is 4.39 Å². The van der Waals surface area contributed by atoms with E-state index in [0.717, 1.165) is 12.2 Å². The summed E-state index contributed by atoms with van der Waals surface area (Å²) in [5.41, 5.74) is 4.13. The number of halogens is 1. The number of hydrogen-bond donors (Lipinski definition) is 2. The van der Waals surface area contributed by atoms with Crippen molar-refractivity contribution in [3.63, 3.8) is 0 Å². The number of primary amides is 1. The average molecular weight is 354 g/mol. The van der Waals surface area contributed by atoms with Gasteiger partial charge in [0.25, 0.3) is 11.8 Å². The Morgan fingerprint density at radius 1 is 1.28 bits per heavy atom. The van der Waals surface area contributed by atoms with Crippen LogP contribution in [0.2, 0.25) is 0 Å². The number of ether oxygens (including phenoxy) is 1. The predicted octanol–water partition coefficient (Wildman–Crippen LogP) is 0.965. The van der Waals surface area contributed by atoms with Crippen LogP contribution in [-0.2, 0) is 30.5 Å². The van der Waals surface area contributed by atoms with Gasteiger partial charge in [-0.05, 0) is 31.5 Å². The lowest BCUT2D eigenvalue weighted by Gasteiger charge is -2.29. The first-order chi connectivity index (χ1) is 11.6. The zero-order valence-electron chi connectivity index (χ0n) is 14.0. The van der Waals surface area contributed by atoms with Crippen molar-refractivity contribution >= 4 is 17.8 Å². The smallest absolute Gasteiger partial charge is 0.373 e. The summed E-state index contributed by atoms with van der Waals surface area (Å²) in [5, 5.41) is 10.2. The monoisotopic (exact) mass is 354 g/mol. The molecule has 0 aliphatic carbocycles. The molecule has 0 aliphatic heterocycles. The SMILES string of the molecule is COC(=O)/C(O)=C/C(=O)N(Cc1ccc(F)cc1)OC(C)(C)C(N)=O. The van der Waals surface area contributed by atoms with E-state index in [1.165, 1.54) is 38.1 Å². The molecule has 0 unspecified atom stereocenters. The number of hydrogen-bond acceptors (Lipinski definition) is 6. The first-order valence-electron chi connectivity index (χ1n) is 7.10. The van der Waals surface area contributed by atoms with Gasteiger partial charge in [-0.3, -0.25) is 14.4 Å². The number of carbonyl (C=O) groups excluding carboxylic acids is 3. The van der Waals surface area contributed by atoms with Crippen LogP contribution in [0.1, 0.15) is 19.4 Å². The number of aliphatic hydroxyl groups is 1. The Morgan fingerprint density at radius 2 is 1.84 bits per heavy atom. The average Bonchev–Trinajstić information content (AvgIpc) is 2.54. The molecule has 0 aliphatic rings. The Balaban J connectivity index is 3.09. The van der Waals surface area contributed by atoms with E-state index in [-0.39, 0.29) is 6.54 Å². The van der Waals surface area contributed by atoms with Crippen molar-refractivity contribution in [2.24, 2.45) is 5.73 Å². The number of carbonyl (C=O) groups is 3. The Kier molecular flexibility index (Phi) is 6.63. The van der Waals surface area contributed by atoms with Crippen molar-refractivity contribution in [2.45, 2.75) is 26.0 Å². The molecule has 0 heterocycles. The van der Waals surface area contributed by atoms with Crippen LogP contribution in [0.15, 0.2) is 36.1 Å². The molecule has 0 saturated heterocycles. The van der Waals surface area contributed by atoms with E-state index in [4.69, 9.17) is 10.6 Å². The van der Waals surface area contributed by atoms with Crippen LogP contribution in [0.5, 0.6) is 0 Å². The number of esters is 1. The van der Waals surface area contributed by atoms with Gasteiger partial charge in [-0.25, -0.2) is 14.2 Å². The number of aliphatic hydroxyl groups excluding tert-OH is 1. The summed E-state index contributed by atoms with van der Waals surface area (Å²) in [4.78, 5) is 40.2. The summed E-state index contributed by atoms with van der Waals surface area (Å²) in [6.07, 6.45) is 0.576. The minimum absolute atomic E-state index is 0.194. The molecule has 0 radical (unpaired) electrons. The van der Waals surface area contributed by atoms with Crippen LogP contribution in [0, 0.1) is 5.82 Å². The van der Waals surface area contributed by atoms with Gasteiger partial charge in [0, 0.05) is 0 Å². The molecule has 0 bridgehead atoms. The lowest BCUT2D eigenvalue weighted by atomic mass is 10.1. The van der Waals surface area contributed by atoms with E-state index in [9.17, 15) is 23.9 Å². The van der Waals surface area contributed by atoms with E-state index >= 15 is 0 Å². The number of hydroxylamine groups is 2. The summed E-state index contributed by atoms with van der Waals surface area (Å²) >= 11 is 0. The van der Waals surface area contributed by atoms with Gasteiger partial charge in [-0.2, -0.15) is 0 Å². The fraction of sp³-hybridized carbons (Fsp3) is 0.312. The highest BCUT2D eigenvalue weighted by atomic mass is 19.1. The van der Waals surface area contributed by atoms with Crippen molar-refractivity contribution in [2.75, 3.05) is 7.11 Å². The second kappa shape index (κ2) is 8.25. The van der Waals surface area contributed by atoms with Gasteiger partial charge in [0.1, 0.15) is 5.82 Å². The second-order valence-corrected chi connectivity index (χ2v) is 5.49. The summed E-state index contributed by atoms with van der Waals surface area (Å²) in [6.45, 7) is 2.48. The molecule has 0 aromatic heterocycles. The topological polar surface area (TPSA) is 119 Å². The maximum absolute atomic E-state index is 13.0. The van der Waals surface area contributed by atoms with Crippen LogP contribution in [0.25, 0.3) is 0 Å². The number of rotatable bonds is 7. The molecular weight excluding hydrogens is 335 g/mol. The fourth-order valence-electron chi connectivity index (χ4n) is 1.58. The third-order valence-electron chi connectivity index (χ3n) is 3.07. The molecule has 8 nitrogen and oxygen atoms in total. The highest BCUT2D eigenvalue weighted by molar-refractivity contribution is 5.96. The van der Waals surface area contributed by atoms with E-state index in [1.807, 2.05) is 0 Å². The summed E-state index contributed by atoms with van der Waals surface area (Å²) in [6, 6.07) is 5.16. The lowest BCUT2D eigenvalue weighted by molar-refractivity contribution is -0.228. The predicted molar refractivity (Wildman–Crippen MR) is 84.0 cm³/mol. The zero-order valence-corrected chi connectivity index (χ0v) is 14.0.